The molecule has 82 valence electrons. The number of fused-ring (bicyclic) bond motifs is 1. The minimum atomic E-state index is -3.43. The highest BCUT2D eigenvalue weighted by atomic mass is 35.5. The zero-order chi connectivity index (χ0) is 11.2. The Morgan fingerprint density at radius 3 is 2.73 bits per heavy atom. The van der Waals surface area contributed by atoms with Crippen molar-refractivity contribution < 1.29 is 8.42 Å². The second-order valence-electron chi connectivity index (χ2n) is 3.17. The van der Waals surface area contributed by atoms with Gasteiger partial charge in [0, 0.05) is 7.05 Å². The van der Waals surface area contributed by atoms with Gasteiger partial charge in [-0.3, -0.25) is 0 Å². The lowest BCUT2D eigenvalue weighted by Gasteiger charge is -2.27. The van der Waals surface area contributed by atoms with E-state index in [0.29, 0.717) is 10.7 Å². The molecule has 1 aromatic carbocycles. The van der Waals surface area contributed by atoms with Crippen LogP contribution in [0.15, 0.2) is 17.0 Å². The van der Waals surface area contributed by atoms with E-state index >= 15 is 0 Å². The van der Waals surface area contributed by atoms with E-state index in [9.17, 15) is 8.42 Å². The molecule has 0 fully saturated rings. The van der Waals surface area contributed by atoms with E-state index in [2.05, 4.69) is 5.32 Å². The van der Waals surface area contributed by atoms with Gasteiger partial charge in [-0.15, -0.1) is 0 Å². The van der Waals surface area contributed by atoms with Crippen molar-refractivity contribution in [3.63, 3.8) is 0 Å². The number of hydrogen-bond acceptors (Lipinski definition) is 3. The number of rotatable bonds is 0. The molecule has 0 aliphatic carbocycles. The van der Waals surface area contributed by atoms with Crippen molar-refractivity contribution in [3.8, 4) is 0 Å². The summed E-state index contributed by atoms with van der Waals surface area (Å²) in [4.78, 5) is 0.158. The summed E-state index contributed by atoms with van der Waals surface area (Å²) in [6.45, 7) is 0.190. The molecule has 0 aromatic heterocycles. The van der Waals surface area contributed by atoms with Crippen LogP contribution < -0.4 is 5.32 Å². The van der Waals surface area contributed by atoms with Gasteiger partial charge in [0.1, 0.15) is 4.90 Å². The Hall–Kier alpha value is -0.490. The van der Waals surface area contributed by atoms with Gasteiger partial charge in [-0.2, -0.15) is 4.31 Å². The molecule has 0 atom stereocenters. The van der Waals surface area contributed by atoms with Crippen LogP contribution in [0.25, 0.3) is 0 Å². The normalized spacial score (nSPS) is 19.4. The van der Waals surface area contributed by atoms with Gasteiger partial charge in [0.05, 0.1) is 22.4 Å². The van der Waals surface area contributed by atoms with Crippen LogP contribution >= 0.6 is 23.2 Å². The number of nitrogens with one attached hydrogen (secondary N) is 1. The molecule has 15 heavy (non-hydrogen) atoms. The van der Waals surface area contributed by atoms with Crippen molar-refractivity contribution in [1.82, 2.24) is 4.31 Å². The van der Waals surface area contributed by atoms with Gasteiger partial charge < -0.3 is 5.32 Å². The monoisotopic (exact) mass is 266 g/mol. The summed E-state index contributed by atoms with van der Waals surface area (Å²) in [6.07, 6.45) is 0. The average molecular weight is 267 g/mol. The molecule has 0 saturated heterocycles. The summed E-state index contributed by atoms with van der Waals surface area (Å²) in [6, 6.07) is 2.92. The quantitative estimate of drug-likeness (QED) is 0.782. The van der Waals surface area contributed by atoms with Crippen LogP contribution in [0.4, 0.5) is 5.69 Å². The topological polar surface area (TPSA) is 49.4 Å². The highest BCUT2D eigenvalue weighted by molar-refractivity contribution is 7.89. The fraction of sp³-hybridized carbons (Fsp3) is 0.250. The molecular formula is C8H8Cl2N2O2S. The zero-order valence-electron chi connectivity index (χ0n) is 7.79. The average Bonchev–Trinajstić information content (AvgIpc) is 2.17. The van der Waals surface area contributed by atoms with Crippen molar-refractivity contribution >= 4 is 38.9 Å². The number of halogens is 2. The number of hydrogen-bond donors (Lipinski definition) is 1. The van der Waals surface area contributed by atoms with Crippen molar-refractivity contribution in [2.75, 3.05) is 19.0 Å². The maximum atomic E-state index is 11.9. The second kappa shape index (κ2) is 3.52. The lowest BCUT2D eigenvalue weighted by molar-refractivity contribution is 0.482. The second-order valence-corrected chi connectivity index (χ2v) is 5.97. The molecule has 0 amide bonds. The Labute approximate surface area is 97.8 Å². The van der Waals surface area contributed by atoms with Gasteiger partial charge >= 0.3 is 0 Å². The molecule has 0 saturated carbocycles. The van der Waals surface area contributed by atoms with Crippen molar-refractivity contribution in [2.45, 2.75) is 4.90 Å². The third kappa shape index (κ3) is 1.59. The summed E-state index contributed by atoms with van der Waals surface area (Å²) in [5.74, 6) is 0. The lowest BCUT2D eigenvalue weighted by atomic mass is 10.3. The summed E-state index contributed by atoms with van der Waals surface area (Å²) in [5.41, 5.74) is 0.377. The zero-order valence-corrected chi connectivity index (χ0v) is 10.1. The van der Waals surface area contributed by atoms with Gasteiger partial charge in [0.15, 0.2) is 0 Å². The summed E-state index contributed by atoms with van der Waals surface area (Å²) < 4.78 is 24.9. The van der Waals surface area contributed by atoms with Gasteiger partial charge in [-0.1, -0.05) is 23.2 Å². The van der Waals surface area contributed by atoms with Gasteiger partial charge in [0.2, 0.25) is 10.0 Å². The maximum Gasteiger partial charge on any atom is 0.246 e. The van der Waals surface area contributed by atoms with E-state index in [1.165, 1.54) is 23.5 Å². The SMILES string of the molecule is CN1CNc2c(ccc(Cl)c2Cl)S1(=O)=O. The van der Waals surface area contributed by atoms with Crippen LogP contribution in [0.5, 0.6) is 0 Å². The van der Waals surface area contributed by atoms with E-state index in [1.807, 2.05) is 0 Å². The molecule has 0 spiro atoms. The molecule has 0 unspecified atom stereocenters. The first-order valence-corrected chi connectivity index (χ1v) is 6.32. The van der Waals surface area contributed by atoms with Crippen LogP contribution in [0, 0.1) is 0 Å². The standard InChI is InChI=1S/C8H8Cl2N2O2S/c1-12-4-11-8-6(15(12,13)14)3-2-5(9)7(8)10/h2-3,11H,4H2,1H3. The first-order valence-electron chi connectivity index (χ1n) is 4.13. The Morgan fingerprint density at radius 2 is 2.07 bits per heavy atom. The maximum absolute atomic E-state index is 11.9. The van der Waals surface area contributed by atoms with Crippen LogP contribution in [-0.2, 0) is 10.0 Å². The van der Waals surface area contributed by atoms with Gasteiger partial charge in [-0.05, 0) is 12.1 Å². The summed E-state index contributed by atoms with van der Waals surface area (Å²) in [7, 11) is -1.94. The molecule has 1 heterocycles. The first kappa shape index (κ1) is 11.0. The smallest absolute Gasteiger partial charge is 0.246 e. The van der Waals surface area contributed by atoms with Crippen LogP contribution in [0.2, 0.25) is 10.0 Å². The number of anilines is 1. The molecule has 0 bridgehead atoms. The first-order chi connectivity index (χ1) is 6.94. The molecule has 1 N–H and O–H groups in total. The number of nitrogens with zero attached hydrogens (tertiary/aromatic N) is 1. The van der Waals surface area contributed by atoms with E-state index in [4.69, 9.17) is 23.2 Å². The van der Waals surface area contributed by atoms with E-state index in [1.54, 1.807) is 0 Å². The number of sulfonamides is 1. The van der Waals surface area contributed by atoms with Crippen LogP contribution in [-0.4, -0.2) is 26.4 Å². The molecule has 1 aliphatic heterocycles. The molecule has 7 heteroatoms. The van der Waals surface area contributed by atoms with E-state index < -0.39 is 10.0 Å². The highest BCUT2D eigenvalue weighted by Crippen LogP contribution is 2.38. The lowest BCUT2D eigenvalue weighted by Crippen LogP contribution is -2.36. The van der Waals surface area contributed by atoms with Crippen molar-refractivity contribution in [2.24, 2.45) is 0 Å². The highest BCUT2D eigenvalue weighted by Gasteiger charge is 2.30. The predicted octanol–water partition coefficient (Wildman–Crippen LogP) is 2.00. The molecular weight excluding hydrogens is 259 g/mol. The predicted molar refractivity (Wildman–Crippen MR) is 59.9 cm³/mol. The largest absolute Gasteiger partial charge is 0.369 e. The van der Waals surface area contributed by atoms with E-state index in [-0.39, 0.29) is 16.6 Å². The summed E-state index contributed by atoms with van der Waals surface area (Å²) in [5, 5.41) is 3.48. The fourth-order valence-corrected chi connectivity index (χ4v) is 3.04. The van der Waals surface area contributed by atoms with Crippen LogP contribution in [0.3, 0.4) is 0 Å². The Balaban J connectivity index is 2.74. The molecule has 1 aliphatic rings. The van der Waals surface area contributed by atoms with Crippen molar-refractivity contribution in [1.29, 1.82) is 0 Å². The van der Waals surface area contributed by atoms with Gasteiger partial charge in [0.25, 0.3) is 0 Å². The molecule has 1 aromatic rings. The molecule has 2 rings (SSSR count). The Bertz CT molecular complexity index is 516. The van der Waals surface area contributed by atoms with Crippen molar-refractivity contribution in [3.05, 3.63) is 22.2 Å². The third-order valence-electron chi connectivity index (χ3n) is 2.22. The molecule has 4 nitrogen and oxygen atoms in total. The summed E-state index contributed by atoms with van der Waals surface area (Å²) >= 11 is 11.7. The molecule has 0 radical (unpaired) electrons. The Kier molecular flexibility index (Phi) is 2.58. The van der Waals surface area contributed by atoms with E-state index in [0.717, 1.165) is 0 Å². The minimum absolute atomic E-state index is 0.158. The minimum Gasteiger partial charge on any atom is -0.369 e. The third-order valence-corrected chi connectivity index (χ3v) is 4.87. The Morgan fingerprint density at radius 1 is 1.40 bits per heavy atom. The fourth-order valence-electron chi connectivity index (χ4n) is 1.36. The van der Waals surface area contributed by atoms with Gasteiger partial charge in [-0.25, -0.2) is 8.42 Å². The van der Waals surface area contributed by atoms with Crippen LogP contribution in [0.1, 0.15) is 0 Å². The number of benzene rings is 1.